The van der Waals surface area contributed by atoms with Gasteiger partial charge in [0.2, 0.25) is 5.91 Å². The first kappa shape index (κ1) is 19.3. The fraction of sp³-hybridized carbons (Fsp3) is 0.364. The number of amides is 1. The normalized spacial score (nSPS) is 17.3. The third kappa shape index (κ3) is 4.35. The summed E-state index contributed by atoms with van der Waals surface area (Å²) in [7, 11) is 2.04. The number of nitrogens with one attached hydrogen (secondary N) is 1. The standard InChI is InChI=1S/C22H25N5O2/c1-26-12-6-7-16(14-26)21(28)24-13-20-18-9-2-3-10-19(18)22(29)27(25-20)15-17-8-4-5-11-23-17/h2-5,8-11,16H,6-7,12-15H2,1H3,(H,24,28). The van der Waals surface area contributed by atoms with E-state index in [4.69, 9.17) is 0 Å². The van der Waals surface area contributed by atoms with Crippen molar-refractivity contribution in [3.8, 4) is 0 Å². The van der Waals surface area contributed by atoms with Crippen LogP contribution in [-0.2, 0) is 17.9 Å². The van der Waals surface area contributed by atoms with Crippen molar-refractivity contribution in [3.63, 3.8) is 0 Å². The Bertz CT molecular complexity index is 1060. The third-order valence-corrected chi connectivity index (χ3v) is 5.41. The average molecular weight is 391 g/mol. The summed E-state index contributed by atoms with van der Waals surface area (Å²) in [5.74, 6) is 0.0457. The molecular weight excluding hydrogens is 366 g/mol. The predicted molar refractivity (Wildman–Crippen MR) is 111 cm³/mol. The van der Waals surface area contributed by atoms with Gasteiger partial charge in [0.15, 0.2) is 0 Å². The average Bonchev–Trinajstić information content (AvgIpc) is 2.75. The van der Waals surface area contributed by atoms with Crippen LogP contribution >= 0.6 is 0 Å². The van der Waals surface area contributed by atoms with Crippen LogP contribution in [0.4, 0.5) is 0 Å². The summed E-state index contributed by atoms with van der Waals surface area (Å²) in [5, 5.41) is 8.97. The number of carbonyl (C=O) groups excluding carboxylic acids is 1. The minimum absolute atomic E-state index is 0.000520. The van der Waals surface area contributed by atoms with E-state index in [2.05, 4.69) is 20.3 Å². The van der Waals surface area contributed by atoms with Crippen LogP contribution in [0.5, 0.6) is 0 Å². The molecule has 0 aliphatic carbocycles. The van der Waals surface area contributed by atoms with Crippen LogP contribution in [0.15, 0.2) is 53.5 Å². The van der Waals surface area contributed by atoms with Gasteiger partial charge in [0.05, 0.1) is 35.8 Å². The Morgan fingerprint density at radius 1 is 1.17 bits per heavy atom. The van der Waals surface area contributed by atoms with Crippen molar-refractivity contribution in [2.75, 3.05) is 20.1 Å². The van der Waals surface area contributed by atoms with Crippen molar-refractivity contribution in [1.29, 1.82) is 0 Å². The molecule has 1 aliphatic heterocycles. The lowest BCUT2D eigenvalue weighted by Gasteiger charge is -2.28. The molecule has 150 valence electrons. The van der Waals surface area contributed by atoms with E-state index in [1.165, 1.54) is 4.68 Å². The predicted octanol–water partition coefficient (Wildman–Crippen LogP) is 1.80. The summed E-state index contributed by atoms with van der Waals surface area (Å²) < 4.78 is 1.43. The molecule has 4 rings (SSSR count). The van der Waals surface area contributed by atoms with Gasteiger partial charge in [-0.15, -0.1) is 0 Å². The van der Waals surface area contributed by atoms with Crippen molar-refractivity contribution >= 4 is 16.7 Å². The number of pyridine rings is 1. The maximum absolute atomic E-state index is 12.9. The molecule has 7 heteroatoms. The molecule has 1 saturated heterocycles. The van der Waals surface area contributed by atoms with E-state index in [9.17, 15) is 9.59 Å². The molecule has 1 amide bonds. The van der Waals surface area contributed by atoms with Crippen molar-refractivity contribution in [3.05, 3.63) is 70.4 Å². The largest absolute Gasteiger partial charge is 0.350 e. The van der Waals surface area contributed by atoms with E-state index in [0.717, 1.165) is 37.0 Å². The molecule has 0 spiro atoms. The Hall–Kier alpha value is -3.06. The molecule has 1 atom stereocenters. The summed E-state index contributed by atoms with van der Waals surface area (Å²) in [6.07, 6.45) is 3.64. The highest BCUT2D eigenvalue weighted by molar-refractivity contribution is 5.84. The lowest BCUT2D eigenvalue weighted by molar-refractivity contribution is -0.126. The van der Waals surface area contributed by atoms with Crippen LogP contribution in [0.3, 0.4) is 0 Å². The van der Waals surface area contributed by atoms with Gasteiger partial charge in [-0.25, -0.2) is 4.68 Å². The van der Waals surface area contributed by atoms with Crippen molar-refractivity contribution in [2.24, 2.45) is 5.92 Å². The quantitative estimate of drug-likeness (QED) is 0.717. The zero-order chi connectivity index (χ0) is 20.2. The van der Waals surface area contributed by atoms with Gasteiger partial charge < -0.3 is 10.2 Å². The second kappa shape index (κ2) is 8.53. The molecule has 1 N–H and O–H groups in total. The summed E-state index contributed by atoms with van der Waals surface area (Å²) in [4.78, 5) is 32.0. The number of carbonyl (C=O) groups is 1. The minimum Gasteiger partial charge on any atom is -0.350 e. The Morgan fingerprint density at radius 3 is 2.72 bits per heavy atom. The first-order chi connectivity index (χ1) is 14.1. The number of piperidine rings is 1. The SMILES string of the molecule is CN1CCCC(C(=O)NCc2nn(Cc3ccccn3)c(=O)c3ccccc23)C1. The van der Waals surface area contributed by atoms with Crippen LogP contribution < -0.4 is 10.9 Å². The van der Waals surface area contributed by atoms with E-state index in [0.29, 0.717) is 24.2 Å². The molecule has 3 aromatic rings. The highest BCUT2D eigenvalue weighted by Gasteiger charge is 2.24. The van der Waals surface area contributed by atoms with Gasteiger partial charge >= 0.3 is 0 Å². The molecule has 7 nitrogen and oxygen atoms in total. The van der Waals surface area contributed by atoms with Crippen LogP contribution in [-0.4, -0.2) is 45.7 Å². The Labute approximate surface area is 169 Å². The van der Waals surface area contributed by atoms with Gasteiger partial charge in [0, 0.05) is 18.1 Å². The Morgan fingerprint density at radius 2 is 1.97 bits per heavy atom. The summed E-state index contributed by atoms with van der Waals surface area (Å²) in [6.45, 7) is 2.40. The van der Waals surface area contributed by atoms with Gasteiger partial charge in [-0.05, 0) is 44.6 Å². The maximum Gasteiger partial charge on any atom is 0.275 e. The molecule has 1 aliphatic rings. The van der Waals surface area contributed by atoms with Crippen molar-refractivity contribution in [2.45, 2.75) is 25.9 Å². The fourth-order valence-electron chi connectivity index (χ4n) is 3.88. The van der Waals surface area contributed by atoms with Crippen molar-refractivity contribution in [1.82, 2.24) is 25.0 Å². The van der Waals surface area contributed by atoms with Crippen LogP contribution in [0.25, 0.3) is 10.8 Å². The lowest BCUT2D eigenvalue weighted by Crippen LogP contribution is -2.41. The van der Waals surface area contributed by atoms with Gasteiger partial charge in [0.25, 0.3) is 5.56 Å². The number of hydrogen-bond donors (Lipinski definition) is 1. The first-order valence-electron chi connectivity index (χ1n) is 9.97. The fourth-order valence-corrected chi connectivity index (χ4v) is 3.88. The number of aromatic nitrogens is 3. The van der Waals surface area contributed by atoms with Gasteiger partial charge in [-0.2, -0.15) is 5.10 Å². The number of nitrogens with zero attached hydrogens (tertiary/aromatic N) is 4. The van der Waals surface area contributed by atoms with Crippen molar-refractivity contribution < 1.29 is 4.79 Å². The summed E-state index contributed by atoms with van der Waals surface area (Å²) in [5.41, 5.74) is 1.29. The highest BCUT2D eigenvalue weighted by Crippen LogP contribution is 2.17. The number of rotatable bonds is 5. The Balaban J connectivity index is 1.60. The van der Waals surface area contributed by atoms with Crippen LogP contribution in [0.2, 0.25) is 0 Å². The maximum atomic E-state index is 12.9. The monoisotopic (exact) mass is 391 g/mol. The third-order valence-electron chi connectivity index (χ3n) is 5.41. The first-order valence-corrected chi connectivity index (χ1v) is 9.97. The van der Waals surface area contributed by atoms with Crippen LogP contribution in [0, 0.1) is 5.92 Å². The molecule has 1 aromatic carbocycles. The summed E-state index contributed by atoms with van der Waals surface area (Å²) >= 11 is 0. The number of fused-ring (bicyclic) bond motifs is 1. The van der Waals surface area contributed by atoms with Crippen LogP contribution in [0.1, 0.15) is 24.2 Å². The molecule has 2 aromatic heterocycles. The smallest absolute Gasteiger partial charge is 0.275 e. The van der Waals surface area contributed by atoms with E-state index in [-0.39, 0.29) is 17.4 Å². The van der Waals surface area contributed by atoms with E-state index in [1.807, 2.05) is 43.4 Å². The molecule has 0 radical (unpaired) electrons. The summed E-state index contributed by atoms with van der Waals surface area (Å²) in [6, 6.07) is 13.0. The molecule has 1 fully saturated rings. The Kier molecular flexibility index (Phi) is 5.67. The lowest BCUT2D eigenvalue weighted by atomic mass is 9.97. The second-order valence-corrected chi connectivity index (χ2v) is 7.60. The second-order valence-electron chi connectivity index (χ2n) is 7.60. The van der Waals surface area contributed by atoms with Gasteiger partial charge in [-0.3, -0.25) is 14.6 Å². The van der Waals surface area contributed by atoms with E-state index < -0.39 is 0 Å². The topological polar surface area (TPSA) is 80.1 Å². The van der Waals surface area contributed by atoms with E-state index in [1.54, 1.807) is 12.3 Å². The molecule has 1 unspecified atom stereocenters. The molecule has 0 bridgehead atoms. The number of likely N-dealkylation sites (tertiary alicyclic amines) is 1. The molecular formula is C22H25N5O2. The highest BCUT2D eigenvalue weighted by atomic mass is 16.2. The zero-order valence-electron chi connectivity index (χ0n) is 16.5. The zero-order valence-corrected chi connectivity index (χ0v) is 16.5. The van der Waals surface area contributed by atoms with Gasteiger partial charge in [0.1, 0.15) is 0 Å². The molecule has 0 saturated carbocycles. The molecule has 3 heterocycles. The molecule has 29 heavy (non-hydrogen) atoms. The number of hydrogen-bond acceptors (Lipinski definition) is 5. The minimum atomic E-state index is -0.157. The van der Waals surface area contributed by atoms with E-state index >= 15 is 0 Å². The van der Waals surface area contributed by atoms with Gasteiger partial charge in [-0.1, -0.05) is 24.3 Å². The number of benzene rings is 1.